The summed E-state index contributed by atoms with van der Waals surface area (Å²) in [7, 11) is 0. The molecule has 0 bridgehead atoms. The summed E-state index contributed by atoms with van der Waals surface area (Å²) in [5.74, 6) is -2.91. The van der Waals surface area contributed by atoms with Crippen molar-refractivity contribution in [1.29, 1.82) is 0 Å². The largest absolute Gasteiger partial charge is 0.348 e. The fourth-order valence-corrected chi connectivity index (χ4v) is 6.04. The fraction of sp³-hybridized carbons (Fsp3) is 0.923. The number of rotatable bonds is 5. The molecule has 0 spiro atoms. The zero-order chi connectivity index (χ0) is 26.4. The van der Waals surface area contributed by atoms with Crippen LogP contribution in [0.4, 0.5) is 0 Å². The Morgan fingerprint density at radius 2 is 1.22 bits per heavy atom. The van der Waals surface area contributed by atoms with E-state index >= 15 is 0 Å². The first-order chi connectivity index (χ1) is 17.2. The van der Waals surface area contributed by atoms with Gasteiger partial charge in [-0.05, 0) is 55.4 Å². The van der Waals surface area contributed by atoms with Crippen molar-refractivity contribution in [3.63, 3.8) is 0 Å². The van der Waals surface area contributed by atoms with Crippen LogP contribution in [0.3, 0.4) is 0 Å². The average molecular weight is 529 g/mol. The van der Waals surface area contributed by atoms with Crippen LogP contribution in [0.15, 0.2) is 12.2 Å². The van der Waals surface area contributed by atoms with Gasteiger partial charge in [0.2, 0.25) is 0 Å². The number of fused-ring (bicyclic) bond motifs is 4. The van der Waals surface area contributed by atoms with Crippen molar-refractivity contribution in [2.75, 3.05) is 13.2 Å². The topological polar surface area (TPSA) is 102 Å². The molecule has 1 unspecified atom stereocenters. The lowest BCUT2D eigenvalue weighted by molar-refractivity contribution is -0.245. The number of hydrogen-bond donors (Lipinski definition) is 0. The summed E-state index contributed by atoms with van der Waals surface area (Å²) in [6, 6.07) is 0. The smallest absolute Gasteiger partial charge is 0.190 e. The Morgan fingerprint density at radius 3 is 1.89 bits per heavy atom. The molecule has 6 aliphatic heterocycles. The maximum Gasteiger partial charge on any atom is 0.190 e. The van der Waals surface area contributed by atoms with Gasteiger partial charge in [0.1, 0.15) is 48.8 Å². The van der Waals surface area contributed by atoms with Crippen LogP contribution < -0.4 is 0 Å². The van der Waals surface area contributed by atoms with Gasteiger partial charge in [-0.1, -0.05) is 12.2 Å². The van der Waals surface area contributed by atoms with Crippen molar-refractivity contribution >= 4 is 0 Å². The lowest BCUT2D eigenvalue weighted by Gasteiger charge is -2.36. The van der Waals surface area contributed by atoms with Crippen molar-refractivity contribution in [3.05, 3.63) is 12.2 Å². The zero-order valence-electron chi connectivity index (χ0n) is 22.8. The molecular formula is C26H40O11. The van der Waals surface area contributed by atoms with E-state index < -0.39 is 41.8 Å². The molecule has 0 aromatic carbocycles. The summed E-state index contributed by atoms with van der Waals surface area (Å²) in [5, 5.41) is 0. The van der Waals surface area contributed by atoms with Crippen LogP contribution >= 0.6 is 0 Å². The SMILES string of the molecule is CC1(C)O[C@@H]2[C@H](O1)[C@@H](OC/C=C/C1O[C@H]3OC(C)(C)O[C@@H]3[C@H]3OC(C)(C)O[C@@H]13)O[C@@H]2[C@H]1COC(C)(C)O1. The first kappa shape index (κ1) is 26.5. The Morgan fingerprint density at radius 1 is 0.622 bits per heavy atom. The highest BCUT2D eigenvalue weighted by atomic mass is 16.9. The van der Waals surface area contributed by atoms with E-state index in [0.29, 0.717) is 6.61 Å². The van der Waals surface area contributed by atoms with Gasteiger partial charge in [0.25, 0.3) is 0 Å². The van der Waals surface area contributed by atoms with E-state index in [0.717, 1.165) is 0 Å². The summed E-state index contributed by atoms with van der Waals surface area (Å²) < 4.78 is 67.1. The van der Waals surface area contributed by atoms with E-state index in [1.807, 2.05) is 67.5 Å². The fourth-order valence-electron chi connectivity index (χ4n) is 6.04. The third kappa shape index (κ3) is 5.14. The minimum absolute atomic E-state index is 0.273. The average Bonchev–Trinajstić information content (AvgIpc) is 3.52. The van der Waals surface area contributed by atoms with Crippen molar-refractivity contribution in [3.8, 4) is 0 Å². The molecule has 6 aliphatic rings. The quantitative estimate of drug-likeness (QED) is 0.492. The van der Waals surface area contributed by atoms with Gasteiger partial charge in [-0.2, -0.15) is 0 Å². The van der Waals surface area contributed by atoms with E-state index in [1.165, 1.54) is 0 Å². The van der Waals surface area contributed by atoms with Gasteiger partial charge >= 0.3 is 0 Å². The van der Waals surface area contributed by atoms with Crippen LogP contribution in [0, 0.1) is 0 Å². The highest BCUT2D eigenvalue weighted by Crippen LogP contribution is 2.45. The Hall–Kier alpha value is -0.700. The minimum atomic E-state index is -0.759. The molecule has 0 aromatic rings. The Labute approximate surface area is 217 Å². The molecule has 6 saturated heterocycles. The molecule has 6 heterocycles. The molecule has 6 rings (SSSR count). The van der Waals surface area contributed by atoms with E-state index in [2.05, 4.69) is 0 Å². The van der Waals surface area contributed by atoms with Crippen LogP contribution in [-0.4, -0.2) is 97.8 Å². The van der Waals surface area contributed by atoms with Crippen LogP contribution in [0.25, 0.3) is 0 Å². The molecule has 6 fully saturated rings. The number of ether oxygens (including phenoxy) is 11. The molecule has 11 heteroatoms. The molecule has 0 amide bonds. The summed E-state index contributed by atoms with van der Waals surface area (Å²) in [6.45, 7) is 15.8. The van der Waals surface area contributed by atoms with Crippen molar-refractivity contribution in [2.24, 2.45) is 0 Å². The van der Waals surface area contributed by atoms with Gasteiger partial charge < -0.3 is 52.1 Å². The third-order valence-electron chi connectivity index (χ3n) is 7.32. The highest BCUT2D eigenvalue weighted by Gasteiger charge is 2.61. The molecule has 10 atom stereocenters. The van der Waals surface area contributed by atoms with E-state index in [4.69, 9.17) is 52.1 Å². The first-order valence-electron chi connectivity index (χ1n) is 13.2. The standard InChI is InChI=1S/C26H40O11/c1-23(2)28-12-14(31-23)15-17-19(35-25(5,6)33-17)21(30-15)27-11-9-10-13-16-18(34-24(3,4)32-16)20-22(29-13)37-26(7,8)36-20/h9-10,13-22H,11-12H2,1-8H3/b10-9+/t13?,14-,15-,16+,17+,18+,19+,20-,21+,22+/m1/s1. The van der Waals surface area contributed by atoms with Gasteiger partial charge in [0.15, 0.2) is 35.7 Å². The lowest BCUT2D eigenvalue weighted by atomic mass is 9.99. The Balaban J connectivity index is 1.10. The van der Waals surface area contributed by atoms with Crippen LogP contribution in [0.2, 0.25) is 0 Å². The summed E-state index contributed by atoms with van der Waals surface area (Å²) in [5.41, 5.74) is 0. The van der Waals surface area contributed by atoms with E-state index in [1.54, 1.807) is 0 Å². The maximum atomic E-state index is 6.24. The van der Waals surface area contributed by atoms with Crippen LogP contribution in [0.1, 0.15) is 55.4 Å². The van der Waals surface area contributed by atoms with Crippen LogP contribution in [0.5, 0.6) is 0 Å². The molecule has 0 aliphatic carbocycles. The predicted molar refractivity (Wildman–Crippen MR) is 125 cm³/mol. The third-order valence-corrected chi connectivity index (χ3v) is 7.32. The molecule has 11 nitrogen and oxygen atoms in total. The summed E-state index contributed by atoms with van der Waals surface area (Å²) in [6.07, 6.45) is -0.0905. The van der Waals surface area contributed by atoms with Crippen molar-refractivity contribution < 1.29 is 52.1 Å². The molecule has 0 radical (unpaired) electrons. The molecule has 37 heavy (non-hydrogen) atoms. The molecular weight excluding hydrogens is 488 g/mol. The van der Waals surface area contributed by atoms with Crippen molar-refractivity contribution in [1.82, 2.24) is 0 Å². The highest BCUT2D eigenvalue weighted by molar-refractivity contribution is 5.07. The Kier molecular flexibility index (Phi) is 6.38. The second-order valence-corrected chi connectivity index (χ2v) is 12.3. The second-order valence-electron chi connectivity index (χ2n) is 12.3. The lowest BCUT2D eigenvalue weighted by Crippen LogP contribution is -2.54. The number of hydrogen-bond acceptors (Lipinski definition) is 11. The minimum Gasteiger partial charge on any atom is -0.348 e. The van der Waals surface area contributed by atoms with Gasteiger partial charge in [-0.25, -0.2) is 0 Å². The second kappa shape index (κ2) is 8.90. The summed E-state index contributed by atoms with van der Waals surface area (Å²) >= 11 is 0. The maximum absolute atomic E-state index is 6.24. The van der Waals surface area contributed by atoms with Gasteiger partial charge in [0, 0.05) is 0 Å². The summed E-state index contributed by atoms with van der Waals surface area (Å²) in [4.78, 5) is 0. The first-order valence-corrected chi connectivity index (χ1v) is 13.2. The van der Waals surface area contributed by atoms with E-state index in [9.17, 15) is 0 Å². The molecule has 0 aromatic heterocycles. The van der Waals surface area contributed by atoms with E-state index in [-0.39, 0.29) is 49.3 Å². The van der Waals surface area contributed by atoms with Gasteiger partial charge in [-0.3, -0.25) is 0 Å². The van der Waals surface area contributed by atoms with Gasteiger partial charge in [0.05, 0.1) is 13.2 Å². The molecule has 0 N–H and O–H groups in total. The predicted octanol–water partition coefficient (Wildman–Crippen LogP) is 2.35. The monoisotopic (exact) mass is 528 g/mol. The Bertz CT molecular complexity index is 901. The normalized spacial score (nSPS) is 48.9. The van der Waals surface area contributed by atoms with Crippen molar-refractivity contribution in [2.45, 2.75) is 140 Å². The molecule has 0 saturated carbocycles. The zero-order valence-corrected chi connectivity index (χ0v) is 22.8. The van der Waals surface area contributed by atoms with Gasteiger partial charge in [-0.15, -0.1) is 0 Å². The molecule has 210 valence electrons. The van der Waals surface area contributed by atoms with Crippen LogP contribution in [-0.2, 0) is 52.1 Å².